The Balaban J connectivity index is 1.79. The molecule has 0 saturated carbocycles. The zero-order valence-electron chi connectivity index (χ0n) is 24.7. The molecule has 0 fully saturated rings. The maximum atomic E-state index is 13.9. The summed E-state index contributed by atoms with van der Waals surface area (Å²) in [7, 11) is 1.28. The molecule has 12 heteroatoms. The summed E-state index contributed by atoms with van der Waals surface area (Å²) in [4.78, 5) is 43.3. The molecule has 3 aromatic rings. The Morgan fingerprint density at radius 2 is 1.53 bits per heavy atom. The summed E-state index contributed by atoms with van der Waals surface area (Å²) in [6.07, 6.45) is 3.15. The molecule has 1 aliphatic rings. The largest absolute Gasteiger partial charge is 0.490 e. The molecule has 0 saturated heterocycles. The molecular formula is C31H34N2O9S. The molecule has 0 bridgehead atoms. The van der Waals surface area contributed by atoms with Gasteiger partial charge in [-0.3, -0.25) is 9.36 Å². The standard InChI is InChI=1S/C31H34N2O9S/c1-6-38-22-13-11-20(16-25(22)40-8-3)28-21(30(36)37-5)17-32-31-33(28)29(35)26(43-31)15-19-10-12-23(24(14-19)39-7-2)42-18-27(34)41-9-4/h10-17,28H,6-9,18H2,1-5H3/b26-15-/t28-/m1/s1. The number of benzene rings is 2. The van der Waals surface area contributed by atoms with Crippen LogP contribution in [0.15, 0.2) is 58.0 Å². The third-order valence-electron chi connectivity index (χ3n) is 6.22. The van der Waals surface area contributed by atoms with Crippen LogP contribution in [0.25, 0.3) is 6.08 Å². The molecule has 0 aliphatic carbocycles. The Bertz CT molecular complexity index is 1690. The quantitative estimate of drug-likeness (QED) is 0.269. The number of carbonyl (C=O) groups excluding carboxylic acids is 2. The van der Waals surface area contributed by atoms with Crippen molar-refractivity contribution in [1.29, 1.82) is 0 Å². The van der Waals surface area contributed by atoms with Gasteiger partial charge in [0.15, 0.2) is 34.4 Å². The molecule has 0 spiro atoms. The van der Waals surface area contributed by atoms with Gasteiger partial charge in [0, 0.05) is 6.20 Å². The van der Waals surface area contributed by atoms with Crippen LogP contribution in [-0.2, 0) is 19.1 Å². The van der Waals surface area contributed by atoms with Crippen molar-refractivity contribution in [1.82, 2.24) is 4.57 Å². The van der Waals surface area contributed by atoms with Crippen LogP contribution in [0.5, 0.6) is 23.0 Å². The normalized spacial score (nSPS) is 14.2. The minimum atomic E-state index is -0.807. The minimum Gasteiger partial charge on any atom is -0.490 e. The van der Waals surface area contributed by atoms with Crippen molar-refractivity contribution in [2.45, 2.75) is 33.7 Å². The van der Waals surface area contributed by atoms with E-state index in [1.165, 1.54) is 29.2 Å². The molecule has 43 heavy (non-hydrogen) atoms. The lowest BCUT2D eigenvalue weighted by Crippen LogP contribution is -2.39. The molecule has 0 N–H and O–H groups in total. The van der Waals surface area contributed by atoms with Gasteiger partial charge in [-0.1, -0.05) is 23.5 Å². The average Bonchev–Trinajstić information content (AvgIpc) is 3.32. The zero-order chi connectivity index (χ0) is 30.9. The monoisotopic (exact) mass is 610 g/mol. The van der Waals surface area contributed by atoms with Crippen molar-refractivity contribution < 1.29 is 38.0 Å². The molecule has 2 heterocycles. The molecule has 0 amide bonds. The number of rotatable bonds is 13. The maximum Gasteiger partial charge on any atom is 0.344 e. The topological polar surface area (TPSA) is 124 Å². The van der Waals surface area contributed by atoms with Gasteiger partial charge in [-0.15, -0.1) is 0 Å². The second kappa shape index (κ2) is 14.5. The van der Waals surface area contributed by atoms with Gasteiger partial charge in [0.1, 0.15) is 0 Å². The molecule has 228 valence electrons. The van der Waals surface area contributed by atoms with Gasteiger partial charge in [-0.05, 0) is 69.2 Å². The number of esters is 2. The van der Waals surface area contributed by atoms with Gasteiger partial charge in [0.05, 0.1) is 49.7 Å². The van der Waals surface area contributed by atoms with Crippen molar-refractivity contribution in [3.8, 4) is 23.0 Å². The van der Waals surface area contributed by atoms with Gasteiger partial charge in [-0.2, -0.15) is 0 Å². The summed E-state index contributed by atoms with van der Waals surface area (Å²) in [5.74, 6) is 0.753. The zero-order valence-corrected chi connectivity index (χ0v) is 25.5. The average molecular weight is 611 g/mol. The second-order valence-electron chi connectivity index (χ2n) is 8.98. The van der Waals surface area contributed by atoms with Crippen molar-refractivity contribution in [2.75, 3.05) is 40.1 Å². The van der Waals surface area contributed by atoms with Crippen LogP contribution >= 0.6 is 11.3 Å². The van der Waals surface area contributed by atoms with E-state index in [9.17, 15) is 14.4 Å². The molecule has 4 rings (SSSR count). The summed E-state index contributed by atoms with van der Waals surface area (Å²) >= 11 is 1.19. The van der Waals surface area contributed by atoms with Crippen LogP contribution in [0.3, 0.4) is 0 Å². The smallest absolute Gasteiger partial charge is 0.344 e. The first-order chi connectivity index (χ1) is 20.8. The number of hydrogen-bond donors (Lipinski definition) is 0. The van der Waals surface area contributed by atoms with E-state index in [2.05, 4.69) is 4.99 Å². The first-order valence-electron chi connectivity index (χ1n) is 13.9. The molecule has 0 radical (unpaired) electrons. The number of nitrogens with zero attached hydrogens (tertiary/aromatic N) is 2. The van der Waals surface area contributed by atoms with Crippen LogP contribution in [0.4, 0.5) is 0 Å². The maximum absolute atomic E-state index is 13.9. The van der Waals surface area contributed by atoms with Crippen LogP contribution in [0.2, 0.25) is 0 Å². The van der Waals surface area contributed by atoms with E-state index >= 15 is 0 Å². The van der Waals surface area contributed by atoms with E-state index in [0.717, 1.165) is 0 Å². The number of aromatic nitrogens is 1. The predicted octanol–water partition coefficient (Wildman–Crippen LogP) is 3.16. The lowest BCUT2D eigenvalue weighted by molar-refractivity contribution is -0.145. The number of thiazole rings is 1. The first-order valence-corrected chi connectivity index (χ1v) is 14.7. The number of fused-ring (bicyclic) bond motifs is 1. The van der Waals surface area contributed by atoms with Crippen LogP contribution in [-0.4, -0.2) is 56.6 Å². The van der Waals surface area contributed by atoms with Crippen molar-refractivity contribution in [2.24, 2.45) is 4.99 Å². The van der Waals surface area contributed by atoms with Crippen LogP contribution in [0, 0.1) is 0 Å². The lowest BCUT2D eigenvalue weighted by Gasteiger charge is -2.23. The molecule has 0 unspecified atom stereocenters. The Kier molecular flexibility index (Phi) is 10.6. The summed E-state index contributed by atoms with van der Waals surface area (Å²) in [6.45, 7) is 8.50. The van der Waals surface area contributed by atoms with E-state index in [1.807, 2.05) is 20.8 Å². The third-order valence-corrected chi connectivity index (χ3v) is 7.22. The summed E-state index contributed by atoms with van der Waals surface area (Å²) in [5, 5.41) is 0. The van der Waals surface area contributed by atoms with Gasteiger partial charge in [0.2, 0.25) is 0 Å². The van der Waals surface area contributed by atoms with Crippen molar-refractivity contribution in [3.05, 3.63) is 79.0 Å². The number of hydrogen-bond acceptors (Lipinski definition) is 11. The Labute approximate surface area is 252 Å². The van der Waals surface area contributed by atoms with Gasteiger partial charge < -0.3 is 28.4 Å². The van der Waals surface area contributed by atoms with Crippen molar-refractivity contribution >= 4 is 29.4 Å². The highest BCUT2D eigenvalue weighted by Gasteiger charge is 2.31. The number of ether oxygens (including phenoxy) is 6. The summed E-state index contributed by atoms with van der Waals surface area (Å²) < 4.78 is 34.7. The highest BCUT2D eigenvalue weighted by atomic mass is 32.1. The lowest BCUT2D eigenvalue weighted by atomic mass is 9.97. The molecular weight excluding hydrogens is 576 g/mol. The third kappa shape index (κ3) is 7.08. The second-order valence-corrected chi connectivity index (χ2v) is 9.99. The van der Waals surface area contributed by atoms with Crippen molar-refractivity contribution in [3.63, 3.8) is 0 Å². The number of carbonyl (C=O) groups is 2. The molecule has 1 aliphatic heterocycles. The number of methoxy groups -OCH3 is 1. The highest BCUT2D eigenvalue weighted by Crippen LogP contribution is 2.35. The fourth-order valence-electron chi connectivity index (χ4n) is 4.48. The van der Waals surface area contributed by atoms with Crippen LogP contribution in [0.1, 0.15) is 44.9 Å². The summed E-state index contributed by atoms with van der Waals surface area (Å²) in [5.41, 5.74) is 1.17. The minimum absolute atomic E-state index is 0.204. The van der Waals surface area contributed by atoms with Gasteiger partial charge in [-0.25, -0.2) is 14.6 Å². The van der Waals surface area contributed by atoms with Crippen LogP contribution < -0.4 is 33.8 Å². The Morgan fingerprint density at radius 1 is 0.884 bits per heavy atom. The van der Waals surface area contributed by atoms with E-state index in [0.29, 0.717) is 63.3 Å². The fraction of sp³-hybridized carbons (Fsp3) is 0.355. The van der Waals surface area contributed by atoms with E-state index < -0.39 is 18.0 Å². The van der Waals surface area contributed by atoms with Gasteiger partial charge in [0.25, 0.3) is 5.56 Å². The van der Waals surface area contributed by atoms with E-state index in [-0.39, 0.29) is 24.3 Å². The Hall–Kier alpha value is -4.58. The molecule has 1 atom stereocenters. The Morgan fingerprint density at radius 3 is 2.21 bits per heavy atom. The molecule has 2 aromatic carbocycles. The van der Waals surface area contributed by atoms with Gasteiger partial charge >= 0.3 is 11.9 Å². The van der Waals surface area contributed by atoms with E-state index in [1.54, 1.807) is 49.4 Å². The van der Waals surface area contributed by atoms with E-state index in [4.69, 9.17) is 28.4 Å². The summed E-state index contributed by atoms with van der Waals surface area (Å²) in [6, 6.07) is 9.65. The highest BCUT2D eigenvalue weighted by molar-refractivity contribution is 7.07. The SMILES string of the molecule is CCOC(=O)COc1ccc(/C=c2\sc3n(c2=O)[C@H](c2ccc(OCC)c(OCC)c2)C(C(=O)OC)=CN=3)cc1OCC. The molecule has 1 aromatic heterocycles. The first kappa shape index (κ1) is 31.4. The molecule has 11 nitrogen and oxygen atoms in total. The fourth-order valence-corrected chi connectivity index (χ4v) is 5.45. The predicted molar refractivity (Wildman–Crippen MR) is 160 cm³/mol.